The second-order valence-electron chi connectivity index (χ2n) is 7.10. The SMILES string of the molecule is CCCCCCCCCCCCOc1ccc(Oc2ccc(O)cc2)cc1. The first-order valence-electron chi connectivity index (χ1n) is 10.5. The van der Waals surface area contributed by atoms with Gasteiger partial charge in [-0.25, -0.2) is 0 Å². The molecule has 0 saturated carbocycles. The van der Waals surface area contributed by atoms with E-state index < -0.39 is 0 Å². The van der Waals surface area contributed by atoms with Crippen LogP contribution in [0.25, 0.3) is 0 Å². The molecule has 0 bridgehead atoms. The van der Waals surface area contributed by atoms with E-state index in [1.807, 2.05) is 24.3 Å². The van der Waals surface area contributed by atoms with Crippen molar-refractivity contribution in [3.63, 3.8) is 0 Å². The zero-order valence-electron chi connectivity index (χ0n) is 16.7. The van der Waals surface area contributed by atoms with E-state index >= 15 is 0 Å². The van der Waals surface area contributed by atoms with Crippen LogP contribution in [-0.2, 0) is 0 Å². The molecule has 2 aromatic carbocycles. The average Bonchev–Trinajstić information content (AvgIpc) is 2.69. The summed E-state index contributed by atoms with van der Waals surface area (Å²) in [6.07, 6.45) is 13.3. The Morgan fingerprint density at radius 1 is 0.593 bits per heavy atom. The zero-order chi connectivity index (χ0) is 19.2. The van der Waals surface area contributed by atoms with E-state index in [-0.39, 0.29) is 5.75 Å². The molecule has 27 heavy (non-hydrogen) atoms. The van der Waals surface area contributed by atoms with Gasteiger partial charge in [0.05, 0.1) is 6.61 Å². The second kappa shape index (κ2) is 13.1. The predicted octanol–water partition coefficient (Wildman–Crippen LogP) is 7.48. The lowest BCUT2D eigenvalue weighted by Crippen LogP contribution is -1.97. The van der Waals surface area contributed by atoms with Crippen LogP contribution in [0.4, 0.5) is 0 Å². The Morgan fingerprint density at radius 2 is 1.04 bits per heavy atom. The summed E-state index contributed by atoms with van der Waals surface area (Å²) in [4.78, 5) is 0. The molecule has 2 aromatic rings. The molecule has 0 unspecified atom stereocenters. The van der Waals surface area contributed by atoms with Crippen molar-refractivity contribution < 1.29 is 14.6 Å². The third-order valence-corrected chi connectivity index (χ3v) is 4.66. The van der Waals surface area contributed by atoms with Crippen LogP contribution in [0.2, 0.25) is 0 Å². The monoisotopic (exact) mass is 370 g/mol. The molecule has 0 saturated heterocycles. The first-order valence-corrected chi connectivity index (χ1v) is 10.5. The van der Waals surface area contributed by atoms with Crippen LogP contribution in [0.3, 0.4) is 0 Å². The van der Waals surface area contributed by atoms with Crippen LogP contribution in [0.15, 0.2) is 48.5 Å². The number of aromatic hydroxyl groups is 1. The van der Waals surface area contributed by atoms with E-state index in [2.05, 4.69) is 6.92 Å². The average molecular weight is 371 g/mol. The number of hydrogen-bond acceptors (Lipinski definition) is 3. The molecule has 0 amide bonds. The van der Waals surface area contributed by atoms with E-state index in [1.165, 1.54) is 57.8 Å². The summed E-state index contributed by atoms with van der Waals surface area (Å²) in [5.74, 6) is 2.57. The number of unbranched alkanes of at least 4 members (excludes halogenated alkanes) is 9. The normalized spacial score (nSPS) is 10.7. The fourth-order valence-corrected chi connectivity index (χ4v) is 3.03. The maximum absolute atomic E-state index is 9.29. The topological polar surface area (TPSA) is 38.7 Å². The lowest BCUT2D eigenvalue weighted by molar-refractivity contribution is 0.304. The minimum absolute atomic E-state index is 0.234. The largest absolute Gasteiger partial charge is 0.508 e. The quantitative estimate of drug-likeness (QED) is 0.350. The van der Waals surface area contributed by atoms with E-state index in [1.54, 1.807) is 24.3 Å². The summed E-state index contributed by atoms with van der Waals surface area (Å²) in [6, 6.07) is 14.4. The third-order valence-electron chi connectivity index (χ3n) is 4.66. The summed E-state index contributed by atoms with van der Waals surface area (Å²) in [7, 11) is 0. The molecule has 1 N–H and O–H groups in total. The molecule has 0 aliphatic rings. The van der Waals surface area contributed by atoms with Crippen LogP contribution < -0.4 is 9.47 Å². The molecule has 148 valence electrons. The number of ether oxygens (including phenoxy) is 2. The third kappa shape index (κ3) is 9.37. The smallest absolute Gasteiger partial charge is 0.127 e. The molecule has 0 aliphatic carbocycles. The van der Waals surface area contributed by atoms with Crippen molar-refractivity contribution in [2.75, 3.05) is 6.61 Å². The lowest BCUT2D eigenvalue weighted by Gasteiger charge is -2.09. The first-order chi connectivity index (χ1) is 13.3. The highest BCUT2D eigenvalue weighted by Gasteiger charge is 2.00. The van der Waals surface area contributed by atoms with Crippen molar-refractivity contribution in [2.45, 2.75) is 71.1 Å². The molecular formula is C24H34O3. The van der Waals surface area contributed by atoms with Gasteiger partial charge in [0.25, 0.3) is 0 Å². The van der Waals surface area contributed by atoms with Crippen molar-refractivity contribution in [1.29, 1.82) is 0 Å². The minimum Gasteiger partial charge on any atom is -0.508 e. The Labute approximate surface area is 164 Å². The molecular weight excluding hydrogens is 336 g/mol. The van der Waals surface area contributed by atoms with Gasteiger partial charge in [-0.2, -0.15) is 0 Å². The Hall–Kier alpha value is -2.16. The van der Waals surface area contributed by atoms with Crippen LogP contribution >= 0.6 is 0 Å². The second-order valence-corrected chi connectivity index (χ2v) is 7.10. The van der Waals surface area contributed by atoms with Crippen LogP contribution in [0, 0.1) is 0 Å². The highest BCUT2D eigenvalue weighted by molar-refractivity contribution is 5.37. The fraction of sp³-hybridized carbons (Fsp3) is 0.500. The highest BCUT2D eigenvalue weighted by Crippen LogP contribution is 2.25. The van der Waals surface area contributed by atoms with Crippen molar-refractivity contribution in [1.82, 2.24) is 0 Å². The Balaban J connectivity index is 1.52. The van der Waals surface area contributed by atoms with Gasteiger partial charge in [-0.3, -0.25) is 0 Å². The molecule has 3 heteroatoms. The maximum Gasteiger partial charge on any atom is 0.127 e. The fourth-order valence-electron chi connectivity index (χ4n) is 3.03. The highest BCUT2D eigenvalue weighted by atomic mass is 16.5. The molecule has 0 heterocycles. The predicted molar refractivity (Wildman–Crippen MR) is 112 cm³/mol. The van der Waals surface area contributed by atoms with Gasteiger partial charge in [0.1, 0.15) is 23.0 Å². The number of rotatable bonds is 14. The summed E-state index contributed by atoms with van der Waals surface area (Å²) < 4.78 is 11.5. The zero-order valence-corrected chi connectivity index (χ0v) is 16.7. The first kappa shape index (κ1) is 21.1. The van der Waals surface area contributed by atoms with Crippen molar-refractivity contribution in [3.05, 3.63) is 48.5 Å². The summed E-state index contributed by atoms with van der Waals surface area (Å²) >= 11 is 0. The number of benzene rings is 2. The molecule has 0 aliphatic heterocycles. The number of hydrogen-bond donors (Lipinski definition) is 1. The van der Waals surface area contributed by atoms with E-state index in [9.17, 15) is 5.11 Å². The number of phenols is 1. The van der Waals surface area contributed by atoms with Crippen LogP contribution in [-0.4, -0.2) is 11.7 Å². The Kier molecular flexibility index (Phi) is 10.2. The van der Waals surface area contributed by atoms with Gasteiger partial charge in [0.2, 0.25) is 0 Å². The standard InChI is InChI=1S/C24H34O3/c1-2-3-4-5-6-7-8-9-10-11-20-26-22-16-18-24(19-17-22)27-23-14-12-21(25)13-15-23/h12-19,25H,2-11,20H2,1H3. The minimum atomic E-state index is 0.234. The number of phenolic OH excluding ortho intramolecular Hbond substituents is 1. The maximum atomic E-state index is 9.29. The van der Waals surface area contributed by atoms with Crippen molar-refractivity contribution in [3.8, 4) is 23.0 Å². The molecule has 2 rings (SSSR count). The van der Waals surface area contributed by atoms with Crippen LogP contribution in [0.1, 0.15) is 71.1 Å². The van der Waals surface area contributed by atoms with Crippen LogP contribution in [0.5, 0.6) is 23.0 Å². The molecule has 0 atom stereocenters. The van der Waals surface area contributed by atoms with E-state index in [4.69, 9.17) is 9.47 Å². The van der Waals surface area contributed by atoms with E-state index in [0.29, 0.717) is 5.75 Å². The van der Waals surface area contributed by atoms with Gasteiger partial charge in [0.15, 0.2) is 0 Å². The Morgan fingerprint density at radius 3 is 1.59 bits per heavy atom. The van der Waals surface area contributed by atoms with E-state index in [0.717, 1.165) is 24.5 Å². The van der Waals surface area contributed by atoms with Gasteiger partial charge >= 0.3 is 0 Å². The summed E-state index contributed by atoms with van der Waals surface area (Å²) in [6.45, 7) is 3.04. The van der Waals surface area contributed by atoms with Gasteiger partial charge in [-0.1, -0.05) is 64.7 Å². The Bertz CT molecular complexity index is 605. The van der Waals surface area contributed by atoms with Crippen molar-refractivity contribution in [2.24, 2.45) is 0 Å². The molecule has 3 nitrogen and oxygen atoms in total. The van der Waals surface area contributed by atoms with Crippen molar-refractivity contribution >= 4 is 0 Å². The lowest BCUT2D eigenvalue weighted by atomic mass is 10.1. The van der Waals surface area contributed by atoms with Gasteiger partial charge < -0.3 is 14.6 Å². The molecule has 0 spiro atoms. The summed E-state index contributed by atoms with van der Waals surface area (Å²) in [5.41, 5.74) is 0. The molecule has 0 fully saturated rings. The summed E-state index contributed by atoms with van der Waals surface area (Å²) in [5, 5.41) is 9.29. The van der Waals surface area contributed by atoms with Gasteiger partial charge in [0, 0.05) is 0 Å². The van der Waals surface area contributed by atoms with Gasteiger partial charge in [-0.05, 0) is 55.0 Å². The molecule has 0 aromatic heterocycles. The molecule has 0 radical (unpaired) electrons. The van der Waals surface area contributed by atoms with Gasteiger partial charge in [-0.15, -0.1) is 0 Å².